The highest BCUT2D eigenvalue weighted by Gasteiger charge is 2.14. The molecule has 0 fully saturated rings. The molecule has 1 aromatic carbocycles. The molecule has 0 aliphatic rings. The SMILES string of the molecule is Cn1c(C(=O)NCCCn2ccccc2=O)cc2c(Cl)cccc21. The number of nitrogens with zero attached hydrogens (tertiary/aromatic N) is 2. The van der Waals surface area contributed by atoms with Gasteiger partial charge in [0.05, 0.1) is 0 Å². The van der Waals surface area contributed by atoms with Crippen molar-refractivity contribution in [2.75, 3.05) is 6.54 Å². The van der Waals surface area contributed by atoms with E-state index in [1.807, 2.05) is 35.9 Å². The number of hydrogen-bond donors (Lipinski definition) is 1. The minimum Gasteiger partial charge on any atom is -0.351 e. The Morgan fingerprint density at radius 2 is 2.04 bits per heavy atom. The molecule has 2 aromatic heterocycles. The van der Waals surface area contributed by atoms with Gasteiger partial charge in [0.1, 0.15) is 5.69 Å². The van der Waals surface area contributed by atoms with E-state index in [1.165, 1.54) is 6.07 Å². The molecule has 3 aromatic rings. The lowest BCUT2D eigenvalue weighted by Gasteiger charge is -2.08. The van der Waals surface area contributed by atoms with E-state index in [0.717, 1.165) is 10.9 Å². The molecule has 0 saturated carbocycles. The van der Waals surface area contributed by atoms with Gasteiger partial charge in [-0.3, -0.25) is 9.59 Å². The molecular weight excluding hydrogens is 326 g/mol. The van der Waals surface area contributed by atoms with E-state index in [2.05, 4.69) is 5.32 Å². The lowest BCUT2D eigenvalue weighted by molar-refractivity contribution is 0.0945. The first-order valence-electron chi connectivity index (χ1n) is 7.75. The fourth-order valence-corrected chi connectivity index (χ4v) is 2.95. The van der Waals surface area contributed by atoms with Crippen LogP contribution >= 0.6 is 11.6 Å². The van der Waals surface area contributed by atoms with Crippen LogP contribution in [-0.4, -0.2) is 21.6 Å². The van der Waals surface area contributed by atoms with Gasteiger partial charge in [0.15, 0.2) is 0 Å². The van der Waals surface area contributed by atoms with Gasteiger partial charge < -0.3 is 14.5 Å². The van der Waals surface area contributed by atoms with Crippen molar-refractivity contribution in [1.82, 2.24) is 14.5 Å². The van der Waals surface area contributed by atoms with Crippen LogP contribution in [0, 0.1) is 0 Å². The molecule has 3 rings (SSSR count). The predicted molar refractivity (Wildman–Crippen MR) is 95.6 cm³/mol. The van der Waals surface area contributed by atoms with Gasteiger partial charge in [-0.15, -0.1) is 0 Å². The van der Waals surface area contributed by atoms with Crippen molar-refractivity contribution in [2.45, 2.75) is 13.0 Å². The van der Waals surface area contributed by atoms with Crippen LogP contribution in [-0.2, 0) is 13.6 Å². The molecule has 1 N–H and O–H groups in total. The number of aryl methyl sites for hydroxylation is 2. The third-order valence-corrected chi connectivity index (χ3v) is 4.36. The number of benzene rings is 1. The fourth-order valence-electron chi connectivity index (χ4n) is 2.73. The summed E-state index contributed by atoms with van der Waals surface area (Å²) in [7, 11) is 1.84. The van der Waals surface area contributed by atoms with E-state index < -0.39 is 0 Å². The Morgan fingerprint density at radius 1 is 1.21 bits per heavy atom. The number of aromatic nitrogens is 2. The number of fused-ring (bicyclic) bond motifs is 1. The highest BCUT2D eigenvalue weighted by atomic mass is 35.5. The summed E-state index contributed by atoms with van der Waals surface area (Å²) >= 11 is 6.18. The largest absolute Gasteiger partial charge is 0.351 e. The van der Waals surface area contributed by atoms with Gasteiger partial charge in [-0.1, -0.05) is 23.7 Å². The van der Waals surface area contributed by atoms with Gasteiger partial charge in [0.25, 0.3) is 5.91 Å². The first-order chi connectivity index (χ1) is 11.6. The molecule has 0 aliphatic heterocycles. The maximum atomic E-state index is 12.4. The van der Waals surface area contributed by atoms with Gasteiger partial charge in [-0.25, -0.2) is 0 Å². The summed E-state index contributed by atoms with van der Waals surface area (Å²) in [6.07, 6.45) is 2.43. The van der Waals surface area contributed by atoms with Crippen LogP contribution < -0.4 is 10.9 Å². The quantitative estimate of drug-likeness (QED) is 0.724. The second kappa shape index (κ2) is 6.93. The summed E-state index contributed by atoms with van der Waals surface area (Å²) in [6, 6.07) is 12.5. The summed E-state index contributed by atoms with van der Waals surface area (Å²) in [5.74, 6) is -0.148. The monoisotopic (exact) mass is 343 g/mol. The number of rotatable bonds is 5. The first-order valence-corrected chi connectivity index (χ1v) is 8.13. The van der Waals surface area contributed by atoms with Crippen molar-refractivity contribution in [2.24, 2.45) is 7.05 Å². The van der Waals surface area contributed by atoms with E-state index in [9.17, 15) is 9.59 Å². The van der Waals surface area contributed by atoms with Crippen molar-refractivity contribution in [3.8, 4) is 0 Å². The van der Waals surface area contributed by atoms with Crippen LogP contribution in [0.25, 0.3) is 10.9 Å². The average molecular weight is 344 g/mol. The van der Waals surface area contributed by atoms with Gasteiger partial charge >= 0.3 is 0 Å². The lowest BCUT2D eigenvalue weighted by atomic mass is 10.2. The van der Waals surface area contributed by atoms with Crippen molar-refractivity contribution in [1.29, 1.82) is 0 Å². The number of halogens is 1. The molecule has 24 heavy (non-hydrogen) atoms. The molecular formula is C18H18ClN3O2. The fraction of sp³-hybridized carbons (Fsp3) is 0.222. The molecule has 0 aliphatic carbocycles. The van der Waals surface area contributed by atoms with E-state index >= 15 is 0 Å². The minimum absolute atomic E-state index is 0.0350. The van der Waals surface area contributed by atoms with Gasteiger partial charge in [-0.05, 0) is 30.7 Å². The standard InChI is InChI=1S/C18H18ClN3O2/c1-21-15-7-4-6-14(19)13(15)12-16(21)18(24)20-9-5-11-22-10-3-2-8-17(22)23/h2-4,6-8,10,12H,5,9,11H2,1H3,(H,20,24). The Bertz CT molecular complexity index is 943. The smallest absolute Gasteiger partial charge is 0.267 e. The number of hydrogen-bond acceptors (Lipinski definition) is 2. The van der Waals surface area contributed by atoms with Gasteiger partial charge in [0.2, 0.25) is 5.56 Å². The van der Waals surface area contributed by atoms with Crippen LogP contribution in [0.4, 0.5) is 0 Å². The van der Waals surface area contributed by atoms with Crippen molar-refractivity contribution in [3.05, 3.63) is 69.7 Å². The number of amides is 1. The van der Waals surface area contributed by atoms with E-state index in [4.69, 9.17) is 11.6 Å². The maximum Gasteiger partial charge on any atom is 0.267 e. The van der Waals surface area contributed by atoms with Crippen molar-refractivity contribution in [3.63, 3.8) is 0 Å². The van der Waals surface area contributed by atoms with E-state index in [1.54, 1.807) is 22.9 Å². The molecule has 1 amide bonds. The Kier molecular flexibility index (Phi) is 4.71. The summed E-state index contributed by atoms with van der Waals surface area (Å²) in [4.78, 5) is 24.0. The summed E-state index contributed by atoms with van der Waals surface area (Å²) in [5, 5.41) is 4.39. The molecule has 0 bridgehead atoms. The van der Waals surface area contributed by atoms with Crippen LogP contribution in [0.1, 0.15) is 16.9 Å². The van der Waals surface area contributed by atoms with Crippen LogP contribution in [0.3, 0.4) is 0 Å². The number of nitrogens with one attached hydrogen (secondary N) is 1. The topological polar surface area (TPSA) is 56.0 Å². The third kappa shape index (κ3) is 3.21. The highest BCUT2D eigenvalue weighted by Crippen LogP contribution is 2.26. The zero-order valence-corrected chi connectivity index (χ0v) is 14.1. The van der Waals surface area contributed by atoms with Crippen molar-refractivity contribution >= 4 is 28.4 Å². The van der Waals surface area contributed by atoms with Gasteiger partial charge in [-0.2, -0.15) is 0 Å². The van der Waals surface area contributed by atoms with Crippen LogP contribution in [0.2, 0.25) is 5.02 Å². The van der Waals surface area contributed by atoms with E-state index in [0.29, 0.717) is 30.2 Å². The molecule has 124 valence electrons. The van der Waals surface area contributed by atoms with Gasteiger partial charge in [0, 0.05) is 48.3 Å². The number of carbonyl (C=O) groups excluding carboxylic acids is 1. The molecule has 0 atom stereocenters. The first kappa shape index (κ1) is 16.3. The average Bonchev–Trinajstić information content (AvgIpc) is 2.92. The zero-order chi connectivity index (χ0) is 17.1. The molecule has 2 heterocycles. The molecule has 0 unspecified atom stereocenters. The number of carbonyl (C=O) groups is 1. The zero-order valence-electron chi connectivity index (χ0n) is 13.3. The minimum atomic E-state index is -0.148. The Hall–Kier alpha value is -2.53. The summed E-state index contributed by atoms with van der Waals surface area (Å²) < 4.78 is 3.46. The molecule has 0 radical (unpaired) electrons. The maximum absolute atomic E-state index is 12.4. The normalized spacial score (nSPS) is 10.9. The van der Waals surface area contributed by atoms with E-state index in [-0.39, 0.29) is 11.5 Å². The molecule has 6 heteroatoms. The summed E-state index contributed by atoms with van der Waals surface area (Å²) in [5.41, 5.74) is 1.45. The molecule has 0 spiro atoms. The van der Waals surface area contributed by atoms with Crippen LogP contribution in [0.5, 0.6) is 0 Å². The Balaban J connectivity index is 1.64. The molecule has 0 saturated heterocycles. The highest BCUT2D eigenvalue weighted by molar-refractivity contribution is 6.35. The molecule has 5 nitrogen and oxygen atoms in total. The Morgan fingerprint density at radius 3 is 2.79 bits per heavy atom. The third-order valence-electron chi connectivity index (χ3n) is 4.03. The predicted octanol–water partition coefficient (Wildman–Crippen LogP) is 2.81. The second-order valence-electron chi connectivity index (χ2n) is 5.60. The second-order valence-corrected chi connectivity index (χ2v) is 6.01. The number of pyridine rings is 1. The lowest BCUT2D eigenvalue weighted by Crippen LogP contribution is -2.28. The van der Waals surface area contributed by atoms with Crippen molar-refractivity contribution < 1.29 is 4.79 Å². The Labute approximate surface area is 144 Å². The summed E-state index contributed by atoms with van der Waals surface area (Å²) in [6.45, 7) is 1.07. The van der Waals surface area contributed by atoms with Crippen LogP contribution in [0.15, 0.2) is 53.5 Å².